The largest absolute Gasteiger partial charge is 0.396 e. The molecular formula is C16H25N3O2. The van der Waals surface area contributed by atoms with Crippen LogP contribution in [-0.2, 0) is 11.3 Å². The van der Waals surface area contributed by atoms with Gasteiger partial charge in [0.15, 0.2) is 0 Å². The Morgan fingerprint density at radius 2 is 2.33 bits per heavy atom. The van der Waals surface area contributed by atoms with Gasteiger partial charge < -0.3 is 10.0 Å². The number of piperidine rings is 1. The van der Waals surface area contributed by atoms with Gasteiger partial charge in [-0.1, -0.05) is 12.8 Å². The zero-order chi connectivity index (χ0) is 14.9. The second-order valence-corrected chi connectivity index (χ2v) is 6.88. The van der Waals surface area contributed by atoms with E-state index < -0.39 is 0 Å². The summed E-state index contributed by atoms with van der Waals surface area (Å²) < 4.78 is 1.70. The molecule has 1 amide bonds. The molecule has 2 aliphatic rings. The Hall–Kier alpha value is -1.36. The standard InChI is InChI=1S/C16H25N3O2/c1-13-5-8-19(17-13)10-15(21)18-7-2-6-16(11-18,12-20)9-14-3-4-14/h5,8,14,20H,2-4,6-7,9-12H2,1H3. The first-order chi connectivity index (χ1) is 10.1. The molecule has 1 saturated heterocycles. The Morgan fingerprint density at radius 3 is 2.95 bits per heavy atom. The van der Waals surface area contributed by atoms with Crippen molar-refractivity contribution in [3.8, 4) is 0 Å². The van der Waals surface area contributed by atoms with E-state index in [1.807, 2.05) is 24.1 Å². The van der Waals surface area contributed by atoms with Crippen molar-refractivity contribution in [2.24, 2.45) is 11.3 Å². The maximum Gasteiger partial charge on any atom is 0.244 e. The number of aliphatic hydroxyl groups excluding tert-OH is 1. The van der Waals surface area contributed by atoms with E-state index in [-0.39, 0.29) is 17.9 Å². The minimum atomic E-state index is -0.0604. The number of nitrogens with zero attached hydrogens (tertiary/aromatic N) is 3. The zero-order valence-corrected chi connectivity index (χ0v) is 12.8. The molecule has 2 heterocycles. The fraction of sp³-hybridized carbons (Fsp3) is 0.750. The third-order valence-electron chi connectivity index (χ3n) is 4.84. The van der Waals surface area contributed by atoms with Crippen molar-refractivity contribution in [1.82, 2.24) is 14.7 Å². The Labute approximate surface area is 125 Å². The third-order valence-corrected chi connectivity index (χ3v) is 4.84. The fourth-order valence-corrected chi connectivity index (χ4v) is 3.51. The molecule has 1 unspecified atom stereocenters. The second-order valence-electron chi connectivity index (χ2n) is 6.88. The van der Waals surface area contributed by atoms with Crippen LogP contribution >= 0.6 is 0 Å². The molecule has 5 heteroatoms. The molecule has 2 fully saturated rings. The van der Waals surface area contributed by atoms with Gasteiger partial charge in [0, 0.05) is 24.7 Å². The number of hydrogen-bond donors (Lipinski definition) is 1. The van der Waals surface area contributed by atoms with Crippen LogP contribution in [0.15, 0.2) is 12.3 Å². The van der Waals surface area contributed by atoms with Gasteiger partial charge in [0.1, 0.15) is 6.54 Å². The average molecular weight is 291 g/mol. The summed E-state index contributed by atoms with van der Waals surface area (Å²) in [6, 6.07) is 1.91. The zero-order valence-electron chi connectivity index (χ0n) is 12.8. The highest BCUT2D eigenvalue weighted by Crippen LogP contribution is 2.44. The molecule has 0 bridgehead atoms. The SMILES string of the molecule is Cc1ccn(CC(=O)N2CCCC(CO)(CC3CC3)C2)n1. The van der Waals surface area contributed by atoms with Crippen molar-refractivity contribution < 1.29 is 9.90 Å². The van der Waals surface area contributed by atoms with Gasteiger partial charge in [-0.05, 0) is 38.2 Å². The van der Waals surface area contributed by atoms with Crippen LogP contribution < -0.4 is 0 Å². The minimum absolute atomic E-state index is 0.0604. The number of carbonyl (C=O) groups is 1. The molecule has 5 nitrogen and oxygen atoms in total. The van der Waals surface area contributed by atoms with Crippen LogP contribution in [0.2, 0.25) is 0 Å². The summed E-state index contributed by atoms with van der Waals surface area (Å²) >= 11 is 0. The lowest BCUT2D eigenvalue weighted by Crippen LogP contribution is -2.49. The normalized spacial score (nSPS) is 26.1. The molecule has 21 heavy (non-hydrogen) atoms. The summed E-state index contributed by atoms with van der Waals surface area (Å²) in [6.07, 6.45) is 7.56. The van der Waals surface area contributed by atoms with E-state index in [1.54, 1.807) is 4.68 Å². The van der Waals surface area contributed by atoms with Crippen molar-refractivity contribution in [1.29, 1.82) is 0 Å². The van der Waals surface area contributed by atoms with E-state index in [0.717, 1.165) is 37.4 Å². The molecule has 0 aromatic carbocycles. The van der Waals surface area contributed by atoms with Gasteiger partial charge in [-0.15, -0.1) is 0 Å². The summed E-state index contributed by atoms with van der Waals surface area (Å²) in [7, 11) is 0. The molecule has 1 saturated carbocycles. The molecule has 3 rings (SSSR count). The molecule has 1 N–H and O–H groups in total. The summed E-state index contributed by atoms with van der Waals surface area (Å²) in [5.74, 6) is 0.896. The van der Waals surface area contributed by atoms with Crippen LogP contribution in [-0.4, -0.2) is 45.4 Å². The van der Waals surface area contributed by atoms with Crippen LogP contribution in [0, 0.1) is 18.3 Å². The molecule has 1 atom stereocenters. The van der Waals surface area contributed by atoms with Crippen molar-refractivity contribution >= 4 is 5.91 Å². The lowest BCUT2D eigenvalue weighted by Gasteiger charge is -2.42. The summed E-state index contributed by atoms with van der Waals surface area (Å²) in [4.78, 5) is 14.4. The van der Waals surface area contributed by atoms with E-state index in [4.69, 9.17) is 0 Å². The van der Waals surface area contributed by atoms with Gasteiger partial charge in [-0.3, -0.25) is 9.48 Å². The molecule has 0 spiro atoms. The topological polar surface area (TPSA) is 58.4 Å². The summed E-state index contributed by atoms with van der Waals surface area (Å²) in [6.45, 7) is 3.95. The fourth-order valence-electron chi connectivity index (χ4n) is 3.51. The second kappa shape index (κ2) is 5.79. The van der Waals surface area contributed by atoms with Crippen LogP contribution in [0.1, 0.15) is 37.8 Å². The predicted molar refractivity (Wildman–Crippen MR) is 79.6 cm³/mol. The van der Waals surface area contributed by atoms with Crippen molar-refractivity contribution in [3.63, 3.8) is 0 Å². The minimum Gasteiger partial charge on any atom is -0.396 e. The van der Waals surface area contributed by atoms with Gasteiger partial charge in [-0.2, -0.15) is 5.10 Å². The molecule has 0 radical (unpaired) electrons. The molecule has 1 aromatic heterocycles. The summed E-state index contributed by atoms with van der Waals surface area (Å²) in [5, 5.41) is 14.1. The number of rotatable bonds is 5. The highest BCUT2D eigenvalue weighted by atomic mass is 16.3. The first-order valence-electron chi connectivity index (χ1n) is 7.99. The Kier molecular flexibility index (Phi) is 4.02. The smallest absolute Gasteiger partial charge is 0.244 e. The highest BCUT2D eigenvalue weighted by molar-refractivity contribution is 5.76. The number of hydrogen-bond acceptors (Lipinski definition) is 3. The molecule has 1 aromatic rings. The van der Waals surface area contributed by atoms with Gasteiger partial charge in [-0.25, -0.2) is 0 Å². The maximum atomic E-state index is 12.5. The quantitative estimate of drug-likeness (QED) is 0.896. The molecule has 1 aliphatic heterocycles. The van der Waals surface area contributed by atoms with Gasteiger partial charge in [0.05, 0.1) is 12.3 Å². The van der Waals surface area contributed by atoms with Crippen molar-refractivity contribution in [3.05, 3.63) is 18.0 Å². The van der Waals surface area contributed by atoms with Gasteiger partial charge in [0.25, 0.3) is 0 Å². The number of aromatic nitrogens is 2. The van der Waals surface area contributed by atoms with Crippen LogP contribution in [0.4, 0.5) is 0 Å². The van der Waals surface area contributed by atoms with E-state index in [0.29, 0.717) is 13.1 Å². The number of carbonyl (C=O) groups excluding carboxylic acids is 1. The summed E-state index contributed by atoms with van der Waals surface area (Å²) in [5.41, 5.74) is 0.870. The van der Waals surface area contributed by atoms with Crippen LogP contribution in [0.5, 0.6) is 0 Å². The number of likely N-dealkylation sites (tertiary alicyclic amines) is 1. The van der Waals surface area contributed by atoms with Gasteiger partial charge in [0.2, 0.25) is 5.91 Å². The first kappa shape index (κ1) is 14.6. The van der Waals surface area contributed by atoms with Gasteiger partial charge >= 0.3 is 0 Å². The maximum absolute atomic E-state index is 12.5. The Balaban J connectivity index is 1.62. The average Bonchev–Trinajstić information content (AvgIpc) is 3.19. The number of aryl methyl sites for hydroxylation is 1. The molecular weight excluding hydrogens is 266 g/mol. The number of amides is 1. The van der Waals surface area contributed by atoms with Crippen LogP contribution in [0.3, 0.4) is 0 Å². The van der Waals surface area contributed by atoms with Crippen molar-refractivity contribution in [2.45, 2.75) is 45.6 Å². The van der Waals surface area contributed by atoms with Crippen molar-refractivity contribution in [2.75, 3.05) is 19.7 Å². The predicted octanol–water partition coefficient (Wildman–Crippen LogP) is 1.59. The third kappa shape index (κ3) is 3.46. The van der Waals surface area contributed by atoms with E-state index in [2.05, 4.69) is 5.10 Å². The van der Waals surface area contributed by atoms with E-state index in [9.17, 15) is 9.90 Å². The number of aliphatic hydroxyl groups is 1. The van der Waals surface area contributed by atoms with E-state index >= 15 is 0 Å². The molecule has 116 valence electrons. The monoisotopic (exact) mass is 291 g/mol. The van der Waals surface area contributed by atoms with E-state index in [1.165, 1.54) is 12.8 Å². The lowest BCUT2D eigenvalue weighted by molar-refractivity contribution is -0.136. The molecule has 1 aliphatic carbocycles. The van der Waals surface area contributed by atoms with Crippen LogP contribution in [0.25, 0.3) is 0 Å². The Bertz CT molecular complexity index is 509. The Morgan fingerprint density at radius 1 is 1.52 bits per heavy atom. The first-order valence-corrected chi connectivity index (χ1v) is 7.99. The highest BCUT2D eigenvalue weighted by Gasteiger charge is 2.40. The lowest BCUT2D eigenvalue weighted by atomic mass is 9.76.